The Morgan fingerprint density at radius 3 is 2.41 bits per heavy atom. The summed E-state index contributed by atoms with van der Waals surface area (Å²) in [7, 11) is -5.61. The molecule has 1 aromatic carbocycles. The monoisotopic (exact) mass is 265 g/mol. The molecule has 0 spiro atoms. The number of alkyl halides is 3. The molecule has 0 fully saturated rings. The van der Waals surface area contributed by atoms with Crippen LogP contribution in [-0.4, -0.2) is 18.9 Å². The second kappa shape index (κ2) is 3.66. The highest BCUT2D eigenvalue weighted by molar-refractivity contribution is 7.88. The SMILES string of the molecule is O=S(=O)(Oc1ccc2c[nH]cc2c1)C(F)(F)F. The standard InChI is InChI=1S/C9H6F3NO3S/c10-9(11,12)17(14,15)16-8-2-1-6-4-13-5-7(6)3-8/h1-5,13H. The van der Waals surface area contributed by atoms with Gasteiger partial charge in [0.15, 0.2) is 0 Å². The van der Waals surface area contributed by atoms with E-state index in [1.54, 1.807) is 6.20 Å². The molecule has 0 saturated heterocycles. The molecule has 0 aliphatic rings. The lowest BCUT2D eigenvalue weighted by molar-refractivity contribution is -0.0500. The first-order valence-corrected chi connectivity index (χ1v) is 5.78. The Bertz CT molecular complexity index is 645. The van der Waals surface area contributed by atoms with E-state index in [0.29, 0.717) is 5.39 Å². The van der Waals surface area contributed by atoms with Gasteiger partial charge < -0.3 is 9.17 Å². The number of benzene rings is 1. The van der Waals surface area contributed by atoms with Crippen molar-refractivity contribution in [3.63, 3.8) is 0 Å². The average Bonchev–Trinajstić information content (AvgIpc) is 2.62. The van der Waals surface area contributed by atoms with E-state index >= 15 is 0 Å². The van der Waals surface area contributed by atoms with E-state index < -0.39 is 15.6 Å². The highest BCUT2D eigenvalue weighted by atomic mass is 32.2. The third-order valence-corrected chi connectivity index (χ3v) is 3.00. The van der Waals surface area contributed by atoms with Crippen LogP contribution in [0.1, 0.15) is 0 Å². The number of halogens is 3. The first kappa shape index (κ1) is 11.8. The van der Waals surface area contributed by atoms with Gasteiger partial charge in [-0.1, -0.05) is 0 Å². The van der Waals surface area contributed by atoms with Gasteiger partial charge in [0.1, 0.15) is 5.75 Å². The molecule has 0 aliphatic carbocycles. The van der Waals surface area contributed by atoms with E-state index in [4.69, 9.17) is 0 Å². The summed E-state index contributed by atoms with van der Waals surface area (Å²) in [6, 6.07) is 3.81. The normalized spacial score (nSPS) is 12.9. The second-order valence-electron chi connectivity index (χ2n) is 3.23. The number of rotatable bonds is 2. The lowest BCUT2D eigenvalue weighted by Crippen LogP contribution is -2.27. The Morgan fingerprint density at radius 2 is 1.76 bits per heavy atom. The third-order valence-electron chi connectivity index (χ3n) is 2.03. The van der Waals surface area contributed by atoms with Gasteiger partial charge in [-0.3, -0.25) is 0 Å². The molecule has 0 bridgehead atoms. The van der Waals surface area contributed by atoms with Crippen molar-refractivity contribution in [1.29, 1.82) is 0 Å². The summed E-state index contributed by atoms with van der Waals surface area (Å²) >= 11 is 0. The zero-order valence-electron chi connectivity index (χ0n) is 8.15. The van der Waals surface area contributed by atoms with Gasteiger partial charge >= 0.3 is 15.6 Å². The van der Waals surface area contributed by atoms with Crippen LogP contribution in [0.5, 0.6) is 5.75 Å². The lowest BCUT2D eigenvalue weighted by atomic mass is 10.2. The van der Waals surface area contributed by atoms with Crippen molar-refractivity contribution in [2.45, 2.75) is 5.51 Å². The van der Waals surface area contributed by atoms with Gasteiger partial charge in [-0.25, -0.2) is 0 Å². The topological polar surface area (TPSA) is 59.2 Å². The van der Waals surface area contributed by atoms with Gasteiger partial charge in [0.2, 0.25) is 0 Å². The molecular weight excluding hydrogens is 259 g/mol. The molecule has 8 heteroatoms. The van der Waals surface area contributed by atoms with E-state index in [9.17, 15) is 21.6 Å². The van der Waals surface area contributed by atoms with Gasteiger partial charge in [0.25, 0.3) is 0 Å². The fourth-order valence-electron chi connectivity index (χ4n) is 1.26. The average molecular weight is 265 g/mol. The Hall–Kier alpha value is -1.70. The number of nitrogens with one attached hydrogen (secondary N) is 1. The molecule has 0 saturated carbocycles. The summed E-state index contributed by atoms with van der Waals surface area (Å²) in [5, 5.41) is 1.29. The molecule has 0 unspecified atom stereocenters. The summed E-state index contributed by atoms with van der Waals surface area (Å²) in [4.78, 5) is 2.73. The van der Waals surface area contributed by atoms with Crippen molar-refractivity contribution in [2.24, 2.45) is 0 Å². The summed E-state index contributed by atoms with van der Waals surface area (Å²) in [5.41, 5.74) is -5.43. The number of fused-ring (bicyclic) bond motifs is 1. The predicted octanol–water partition coefficient (Wildman–Crippen LogP) is 2.40. The van der Waals surface area contributed by atoms with Crippen molar-refractivity contribution >= 4 is 20.9 Å². The van der Waals surface area contributed by atoms with Crippen LogP contribution in [0.15, 0.2) is 30.6 Å². The van der Waals surface area contributed by atoms with Gasteiger partial charge in [-0.05, 0) is 23.6 Å². The minimum Gasteiger partial charge on any atom is -0.376 e. The van der Waals surface area contributed by atoms with E-state index in [-0.39, 0.29) is 5.75 Å². The minimum atomic E-state index is -5.61. The summed E-state index contributed by atoms with van der Waals surface area (Å²) in [6.07, 6.45) is 3.14. The van der Waals surface area contributed by atoms with E-state index in [2.05, 4.69) is 9.17 Å². The molecule has 0 atom stereocenters. The number of aromatic nitrogens is 1. The first-order chi connectivity index (χ1) is 7.79. The Balaban J connectivity index is 2.36. The largest absolute Gasteiger partial charge is 0.534 e. The van der Waals surface area contributed by atoms with Gasteiger partial charge in [0.05, 0.1) is 0 Å². The number of aromatic amines is 1. The maximum absolute atomic E-state index is 12.1. The zero-order valence-corrected chi connectivity index (χ0v) is 8.97. The number of H-pyrrole nitrogens is 1. The van der Waals surface area contributed by atoms with Crippen LogP contribution in [0, 0.1) is 0 Å². The first-order valence-electron chi connectivity index (χ1n) is 4.37. The maximum atomic E-state index is 12.1. The molecule has 1 N–H and O–H groups in total. The highest BCUT2D eigenvalue weighted by Gasteiger charge is 2.48. The molecule has 92 valence electrons. The van der Waals surface area contributed by atoms with Crippen molar-refractivity contribution in [3.8, 4) is 5.75 Å². The molecule has 0 amide bonds. The van der Waals surface area contributed by atoms with E-state index in [0.717, 1.165) is 11.5 Å². The van der Waals surface area contributed by atoms with Crippen LogP contribution in [-0.2, 0) is 10.1 Å². The lowest BCUT2D eigenvalue weighted by Gasteiger charge is -2.09. The summed E-state index contributed by atoms with van der Waals surface area (Å²) in [5.74, 6) is -0.380. The molecule has 2 aromatic rings. The number of hydrogen-bond donors (Lipinski definition) is 1. The molecule has 17 heavy (non-hydrogen) atoms. The Morgan fingerprint density at radius 1 is 1.12 bits per heavy atom. The molecule has 4 nitrogen and oxygen atoms in total. The Kier molecular flexibility index (Phi) is 2.53. The highest BCUT2D eigenvalue weighted by Crippen LogP contribution is 2.28. The Labute approximate surface area is 94.1 Å². The van der Waals surface area contributed by atoms with Crippen LogP contribution in [0.2, 0.25) is 0 Å². The van der Waals surface area contributed by atoms with Gasteiger partial charge in [0, 0.05) is 17.8 Å². The summed E-state index contributed by atoms with van der Waals surface area (Å²) in [6.45, 7) is 0. The van der Waals surface area contributed by atoms with E-state index in [1.807, 2.05) is 0 Å². The van der Waals surface area contributed by atoms with Crippen LogP contribution >= 0.6 is 0 Å². The minimum absolute atomic E-state index is 0.380. The van der Waals surface area contributed by atoms with Gasteiger partial charge in [-0.15, -0.1) is 0 Å². The molecule has 2 rings (SSSR count). The fraction of sp³-hybridized carbons (Fsp3) is 0.111. The van der Waals surface area contributed by atoms with Crippen LogP contribution < -0.4 is 4.18 Å². The fourth-order valence-corrected chi connectivity index (χ4v) is 1.71. The molecule has 1 heterocycles. The van der Waals surface area contributed by atoms with Crippen molar-refractivity contribution in [2.75, 3.05) is 0 Å². The van der Waals surface area contributed by atoms with Gasteiger partial charge in [-0.2, -0.15) is 21.6 Å². The molecule has 1 aromatic heterocycles. The van der Waals surface area contributed by atoms with Crippen molar-refractivity contribution in [3.05, 3.63) is 30.6 Å². The van der Waals surface area contributed by atoms with E-state index in [1.165, 1.54) is 18.3 Å². The quantitative estimate of drug-likeness (QED) is 0.670. The zero-order chi connectivity index (χ0) is 12.7. The molecule has 0 aliphatic heterocycles. The number of hydrogen-bond acceptors (Lipinski definition) is 3. The smallest absolute Gasteiger partial charge is 0.376 e. The van der Waals surface area contributed by atoms with Crippen LogP contribution in [0.25, 0.3) is 10.8 Å². The molecule has 0 radical (unpaired) electrons. The van der Waals surface area contributed by atoms with Crippen molar-refractivity contribution in [1.82, 2.24) is 4.98 Å². The van der Waals surface area contributed by atoms with Crippen molar-refractivity contribution < 1.29 is 25.8 Å². The third kappa shape index (κ3) is 2.21. The predicted molar refractivity (Wildman–Crippen MR) is 53.9 cm³/mol. The second-order valence-corrected chi connectivity index (χ2v) is 4.77. The van der Waals surface area contributed by atoms with Crippen LogP contribution in [0.3, 0.4) is 0 Å². The molecular formula is C9H6F3NO3S. The van der Waals surface area contributed by atoms with Crippen LogP contribution in [0.4, 0.5) is 13.2 Å². The summed E-state index contributed by atoms with van der Waals surface area (Å²) < 4.78 is 61.6. The maximum Gasteiger partial charge on any atom is 0.534 e.